The first-order valence-electron chi connectivity index (χ1n) is 9.16. The van der Waals surface area contributed by atoms with Gasteiger partial charge in [-0.15, -0.1) is 0 Å². The van der Waals surface area contributed by atoms with Crippen molar-refractivity contribution in [2.24, 2.45) is 5.92 Å². The monoisotopic (exact) mass is 360 g/mol. The summed E-state index contributed by atoms with van der Waals surface area (Å²) in [6.07, 6.45) is 5.37. The van der Waals surface area contributed by atoms with Crippen molar-refractivity contribution < 1.29 is 14.5 Å². The molecule has 1 aromatic heterocycles. The molecule has 0 aliphatic rings. The molecule has 2 rings (SSSR count). The number of nitrogens with zero attached hydrogens (tertiary/aromatic N) is 1. The van der Waals surface area contributed by atoms with Crippen LogP contribution in [0, 0.1) is 16.0 Å². The Kier molecular flexibility index (Phi) is 6.40. The van der Waals surface area contributed by atoms with Gasteiger partial charge in [0.25, 0.3) is 5.69 Å². The maximum absolute atomic E-state index is 11.5. The van der Waals surface area contributed by atoms with Gasteiger partial charge >= 0.3 is 5.97 Å². The maximum atomic E-state index is 11.5. The van der Waals surface area contributed by atoms with Crippen molar-refractivity contribution in [1.82, 2.24) is 4.98 Å². The second-order valence-corrected chi connectivity index (χ2v) is 7.58. The van der Waals surface area contributed by atoms with Crippen molar-refractivity contribution >= 4 is 22.6 Å². The van der Waals surface area contributed by atoms with Crippen LogP contribution in [0.3, 0.4) is 0 Å². The first kappa shape index (κ1) is 19.9. The van der Waals surface area contributed by atoms with Crippen molar-refractivity contribution in [3.63, 3.8) is 0 Å². The van der Waals surface area contributed by atoms with Gasteiger partial charge in [0.2, 0.25) is 0 Å². The zero-order chi connectivity index (χ0) is 19.3. The summed E-state index contributed by atoms with van der Waals surface area (Å²) < 4.78 is 5.00. The molecular formula is C20H28N2O4. The lowest BCUT2D eigenvalue weighted by atomic mass is 9.79. The van der Waals surface area contributed by atoms with E-state index in [1.165, 1.54) is 5.56 Å². The summed E-state index contributed by atoms with van der Waals surface area (Å²) in [5, 5.41) is 12.0. The lowest BCUT2D eigenvalue weighted by Crippen LogP contribution is -2.17. The molecule has 1 N–H and O–H groups in total. The SMILES string of the molecule is CCOC(=O)CC(C)CCCC(C)(C)c1c[nH]c2cc([N+](=O)[O-])ccc12. The second-order valence-electron chi connectivity index (χ2n) is 7.58. The zero-order valence-corrected chi connectivity index (χ0v) is 16.0. The number of hydrogen-bond donors (Lipinski definition) is 1. The van der Waals surface area contributed by atoms with E-state index < -0.39 is 0 Å². The van der Waals surface area contributed by atoms with E-state index >= 15 is 0 Å². The molecule has 0 aliphatic carbocycles. The van der Waals surface area contributed by atoms with E-state index in [1.807, 2.05) is 19.2 Å². The fraction of sp³-hybridized carbons (Fsp3) is 0.550. The van der Waals surface area contributed by atoms with Gasteiger partial charge in [-0.25, -0.2) is 0 Å². The maximum Gasteiger partial charge on any atom is 0.306 e. The number of fused-ring (bicyclic) bond motifs is 1. The standard InChI is InChI=1S/C20H28N2O4/c1-5-26-19(23)11-14(2)7-6-10-20(3,4)17-13-21-18-12-15(22(24)25)8-9-16(17)18/h8-9,12-14,21H,5-7,10-11H2,1-4H3. The lowest BCUT2D eigenvalue weighted by Gasteiger charge is -2.25. The van der Waals surface area contributed by atoms with Gasteiger partial charge in [-0.3, -0.25) is 14.9 Å². The summed E-state index contributed by atoms with van der Waals surface area (Å²) >= 11 is 0. The number of H-pyrrole nitrogens is 1. The van der Waals surface area contributed by atoms with Gasteiger partial charge in [0.05, 0.1) is 17.0 Å². The summed E-state index contributed by atoms with van der Waals surface area (Å²) in [5.41, 5.74) is 1.99. The molecule has 1 atom stereocenters. The minimum Gasteiger partial charge on any atom is -0.466 e. The third kappa shape index (κ3) is 4.84. The minimum atomic E-state index is -0.379. The fourth-order valence-electron chi connectivity index (χ4n) is 3.42. The number of nitro groups is 1. The molecule has 0 fully saturated rings. The molecule has 26 heavy (non-hydrogen) atoms. The van der Waals surface area contributed by atoms with Crippen LogP contribution in [0.4, 0.5) is 5.69 Å². The van der Waals surface area contributed by atoms with Crippen molar-refractivity contribution in [1.29, 1.82) is 0 Å². The molecule has 6 heteroatoms. The Balaban J connectivity index is 2.00. The number of benzene rings is 1. The number of ether oxygens (including phenoxy) is 1. The number of aromatic amines is 1. The van der Waals surface area contributed by atoms with Crippen LogP contribution in [0.25, 0.3) is 10.9 Å². The molecule has 0 spiro atoms. The normalized spacial score (nSPS) is 12.9. The van der Waals surface area contributed by atoms with Crippen LogP contribution >= 0.6 is 0 Å². The van der Waals surface area contributed by atoms with Crippen molar-refractivity contribution in [2.45, 2.75) is 58.8 Å². The molecule has 0 bridgehead atoms. The molecule has 0 aliphatic heterocycles. The Labute approximate surface area is 154 Å². The van der Waals surface area contributed by atoms with Crippen LogP contribution in [0.15, 0.2) is 24.4 Å². The highest BCUT2D eigenvalue weighted by Crippen LogP contribution is 2.36. The molecule has 6 nitrogen and oxygen atoms in total. The smallest absolute Gasteiger partial charge is 0.306 e. The van der Waals surface area contributed by atoms with Gasteiger partial charge in [-0.05, 0) is 36.3 Å². The number of carbonyl (C=O) groups is 1. The van der Waals surface area contributed by atoms with E-state index in [2.05, 4.69) is 25.8 Å². The summed E-state index contributed by atoms with van der Waals surface area (Å²) in [5.74, 6) is 0.174. The minimum absolute atomic E-state index is 0.0575. The van der Waals surface area contributed by atoms with Gasteiger partial charge < -0.3 is 9.72 Å². The largest absolute Gasteiger partial charge is 0.466 e. The van der Waals surface area contributed by atoms with Crippen LogP contribution in [-0.2, 0) is 14.9 Å². The Hall–Kier alpha value is -2.37. The predicted octanol–water partition coefficient (Wildman–Crippen LogP) is 5.11. The number of nitrogens with one attached hydrogen (secondary N) is 1. The first-order chi connectivity index (χ1) is 12.2. The quantitative estimate of drug-likeness (QED) is 0.382. The Morgan fingerprint density at radius 1 is 1.38 bits per heavy atom. The van der Waals surface area contributed by atoms with Gasteiger partial charge in [0.1, 0.15) is 0 Å². The van der Waals surface area contributed by atoms with Gasteiger partial charge in [0.15, 0.2) is 0 Å². The van der Waals surface area contributed by atoms with E-state index in [4.69, 9.17) is 4.74 Å². The highest BCUT2D eigenvalue weighted by molar-refractivity contribution is 5.86. The Bertz CT molecular complexity index is 779. The molecular weight excluding hydrogens is 332 g/mol. The highest BCUT2D eigenvalue weighted by atomic mass is 16.6. The number of aromatic nitrogens is 1. The number of esters is 1. The summed E-state index contributed by atoms with van der Waals surface area (Å²) in [7, 11) is 0. The molecule has 1 aromatic carbocycles. The van der Waals surface area contributed by atoms with Gasteiger partial charge in [0, 0.05) is 30.1 Å². The summed E-state index contributed by atoms with van der Waals surface area (Å²) in [6, 6.07) is 4.96. The van der Waals surface area contributed by atoms with E-state index in [9.17, 15) is 14.9 Å². The molecule has 0 amide bonds. The summed E-state index contributed by atoms with van der Waals surface area (Å²) in [6.45, 7) is 8.70. The molecule has 2 aromatic rings. The fourth-order valence-corrected chi connectivity index (χ4v) is 3.42. The van der Waals surface area contributed by atoms with Crippen LogP contribution in [0.1, 0.15) is 58.9 Å². The van der Waals surface area contributed by atoms with E-state index in [1.54, 1.807) is 12.1 Å². The van der Waals surface area contributed by atoms with E-state index in [0.717, 1.165) is 30.2 Å². The van der Waals surface area contributed by atoms with Crippen LogP contribution in [0.5, 0.6) is 0 Å². The average molecular weight is 360 g/mol. The van der Waals surface area contributed by atoms with Crippen LogP contribution in [-0.4, -0.2) is 22.5 Å². The Morgan fingerprint density at radius 2 is 2.12 bits per heavy atom. The van der Waals surface area contributed by atoms with E-state index in [0.29, 0.717) is 18.9 Å². The predicted molar refractivity (Wildman–Crippen MR) is 102 cm³/mol. The van der Waals surface area contributed by atoms with Crippen molar-refractivity contribution in [3.8, 4) is 0 Å². The molecule has 0 saturated heterocycles. The zero-order valence-electron chi connectivity index (χ0n) is 16.0. The molecule has 0 saturated carbocycles. The molecule has 0 radical (unpaired) electrons. The third-order valence-electron chi connectivity index (χ3n) is 4.92. The van der Waals surface area contributed by atoms with Crippen molar-refractivity contribution in [3.05, 3.63) is 40.1 Å². The van der Waals surface area contributed by atoms with Crippen LogP contribution < -0.4 is 0 Å². The average Bonchev–Trinajstić information content (AvgIpc) is 2.98. The number of carbonyl (C=O) groups excluding carboxylic acids is 1. The second kappa shape index (κ2) is 8.34. The van der Waals surface area contributed by atoms with Crippen molar-refractivity contribution in [2.75, 3.05) is 6.61 Å². The molecule has 142 valence electrons. The third-order valence-corrected chi connectivity index (χ3v) is 4.92. The van der Waals surface area contributed by atoms with Crippen LogP contribution in [0.2, 0.25) is 0 Å². The Morgan fingerprint density at radius 3 is 2.77 bits per heavy atom. The number of hydrogen-bond acceptors (Lipinski definition) is 4. The number of rotatable bonds is 9. The topological polar surface area (TPSA) is 85.2 Å². The number of nitro benzene ring substituents is 1. The van der Waals surface area contributed by atoms with E-state index in [-0.39, 0.29) is 22.0 Å². The number of non-ortho nitro benzene ring substituents is 1. The van der Waals surface area contributed by atoms with Gasteiger partial charge in [-0.1, -0.05) is 33.6 Å². The molecule has 1 heterocycles. The van der Waals surface area contributed by atoms with Gasteiger partial charge in [-0.2, -0.15) is 0 Å². The molecule has 1 unspecified atom stereocenters. The highest BCUT2D eigenvalue weighted by Gasteiger charge is 2.24. The first-order valence-corrected chi connectivity index (χ1v) is 9.16. The lowest BCUT2D eigenvalue weighted by molar-refractivity contribution is -0.384. The summed E-state index contributed by atoms with van der Waals surface area (Å²) in [4.78, 5) is 25.3.